The molecule has 25 heavy (non-hydrogen) atoms. The van der Waals surface area contributed by atoms with E-state index in [4.69, 9.17) is 5.11 Å². The molecule has 0 unspecified atom stereocenters. The molecule has 0 saturated carbocycles. The molecule has 4 nitrogen and oxygen atoms in total. The van der Waals surface area contributed by atoms with Crippen molar-refractivity contribution in [3.63, 3.8) is 0 Å². The second-order valence-corrected chi connectivity index (χ2v) is 7.13. The standard InChI is InChI=1S/C9H6F5N2S.C5H8O2.Ir/c10-17(11,12,13,14)9-4-2-8(3-5-9)16-7-1-6-15-16;1-4(6)3-5(2)7;/h1-2,4-7H;3,6H,1-2H3;/q-1;;. The summed E-state index contributed by atoms with van der Waals surface area (Å²) in [6.07, 6.45) is 4.04. The number of carbonyl (C=O) groups is 1. The average Bonchev–Trinajstić information content (AvgIpc) is 2.89. The van der Waals surface area contributed by atoms with Gasteiger partial charge in [-0.15, -0.1) is 31.6 Å². The number of hydrogen-bond donors (Lipinski definition) is 1. The number of ketones is 1. The zero-order valence-electron chi connectivity index (χ0n) is 12.9. The molecule has 1 heterocycles. The van der Waals surface area contributed by atoms with E-state index in [0.29, 0.717) is 6.07 Å². The fraction of sp³-hybridized carbons (Fsp3) is 0.143. The Morgan fingerprint density at radius 2 is 1.84 bits per heavy atom. The molecule has 2 rings (SSSR count). The molecular formula is C14H14F5IrN2O2S-. The van der Waals surface area contributed by atoms with Crippen LogP contribution in [0.15, 0.2) is 53.4 Å². The molecule has 1 aromatic carbocycles. The number of rotatable bonds is 3. The minimum absolute atomic E-state index is 0. The molecule has 0 amide bonds. The van der Waals surface area contributed by atoms with Crippen molar-refractivity contribution in [3.8, 4) is 5.69 Å². The summed E-state index contributed by atoms with van der Waals surface area (Å²) < 4.78 is 63.1. The Bertz CT molecular complexity index is 740. The van der Waals surface area contributed by atoms with Gasteiger partial charge in [0.05, 0.1) is 5.76 Å². The van der Waals surface area contributed by atoms with Crippen molar-refractivity contribution in [1.29, 1.82) is 0 Å². The van der Waals surface area contributed by atoms with Crippen LogP contribution < -0.4 is 0 Å². The maximum atomic E-state index is 12.4. The maximum Gasteiger partial charge on any atom is 0.274 e. The number of allylic oxidation sites excluding steroid dienone is 2. The van der Waals surface area contributed by atoms with E-state index >= 15 is 0 Å². The van der Waals surface area contributed by atoms with Crippen LogP contribution in [0.1, 0.15) is 13.8 Å². The first-order valence-corrected chi connectivity index (χ1v) is 8.28. The van der Waals surface area contributed by atoms with Crippen LogP contribution in [-0.2, 0) is 24.9 Å². The largest absolute Gasteiger partial charge is 0.512 e. The monoisotopic (exact) mass is 562 g/mol. The van der Waals surface area contributed by atoms with Crippen molar-refractivity contribution in [1.82, 2.24) is 9.78 Å². The molecule has 0 aliphatic rings. The van der Waals surface area contributed by atoms with E-state index in [2.05, 4.69) is 11.2 Å². The molecule has 0 spiro atoms. The van der Waals surface area contributed by atoms with E-state index in [1.54, 1.807) is 6.07 Å². The van der Waals surface area contributed by atoms with Crippen molar-refractivity contribution < 1.29 is 49.4 Å². The Balaban J connectivity index is 0.000000620. The first kappa shape index (κ1) is 23.3. The third kappa shape index (κ3) is 8.28. The van der Waals surface area contributed by atoms with Crippen LogP contribution in [0, 0.1) is 6.07 Å². The number of carbonyl (C=O) groups excluding carboxylic acids is 1. The quantitative estimate of drug-likeness (QED) is 0.238. The van der Waals surface area contributed by atoms with Gasteiger partial charge in [0.25, 0.3) is 10.2 Å². The molecule has 0 atom stereocenters. The van der Waals surface area contributed by atoms with Crippen LogP contribution in [0.4, 0.5) is 19.4 Å². The smallest absolute Gasteiger partial charge is 0.274 e. The first-order chi connectivity index (χ1) is 10.7. The topological polar surface area (TPSA) is 55.1 Å². The van der Waals surface area contributed by atoms with Gasteiger partial charge < -0.3 is 5.11 Å². The van der Waals surface area contributed by atoms with Crippen LogP contribution in [0.3, 0.4) is 0 Å². The molecule has 1 radical (unpaired) electrons. The van der Waals surface area contributed by atoms with Gasteiger partial charge in [0.2, 0.25) is 0 Å². The molecule has 2 aromatic rings. The van der Waals surface area contributed by atoms with Crippen molar-refractivity contribution in [2.24, 2.45) is 0 Å². The zero-order valence-corrected chi connectivity index (χ0v) is 16.1. The fourth-order valence-corrected chi connectivity index (χ4v) is 2.10. The molecule has 0 saturated heterocycles. The van der Waals surface area contributed by atoms with Gasteiger partial charge >= 0.3 is 0 Å². The summed E-state index contributed by atoms with van der Waals surface area (Å²) >= 11 is 0. The van der Waals surface area contributed by atoms with E-state index in [0.717, 1.165) is 6.07 Å². The van der Waals surface area contributed by atoms with Crippen LogP contribution in [0.25, 0.3) is 5.69 Å². The van der Waals surface area contributed by atoms with E-state index in [1.807, 2.05) is 0 Å². The molecule has 0 fully saturated rings. The Hall–Kier alpha value is -1.71. The predicted octanol–water partition coefficient (Wildman–Crippen LogP) is 5.36. The summed E-state index contributed by atoms with van der Waals surface area (Å²) in [5, 5.41) is 12.1. The SMILES string of the molecule is CC(=O)C=C(C)O.FS(F)(F)(F)(F)c1c[c-]c(-n2cccn2)cc1.[Ir]. The summed E-state index contributed by atoms with van der Waals surface area (Å²) in [6, 6.07) is 5.13. The Kier molecular flexibility index (Phi) is 6.77. The van der Waals surface area contributed by atoms with E-state index in [1.165, 1.54) is 37.0 Å². The molecule has 0 bridgehead atoms. The normalized spacial score (nSPS) is 14.3. The van der Waals surface area contributed by atoms with Gasteiger partial charge in [-0.05, 0) is 30.5 Å². The Labute approximate surface area is 154 Å². The Morgan fingerprint density at radius 1 is 1.24 bits per heavy atom. The number of benzene rings is 1. The van der Waals surface area contributed by atoms with Gasteiger partial charge in [0.15, 0.2) is 5.78 Å². The van der Waals surface area contributed by atoms with Gasteiger partial charge in [-0.25, -0.2) is 0 Å². The first-order valence-electron chi connectivity index (χ1n) is 6.33. The number of aliphatic hydroxyl groups is 1. The van der Waals surface area contributed by atoms with Gasteiger partial charge in [0, 0.05) is 38.6 Å². The van der Waals surface area contributed by atoms with Crippen LogP contribution in [-0.4, -0.2) is 20.7 Å². The number of aliphatic hydroxyl groups excluding tert-OH is 1. The third-order valence-electron chi connectivity index (χ3n) is 2.38. The van der Waals surface area contributed by atoms with Crippen molar-refractivity contribution in [2.75, 3.05) is 0 Å². The van der Waals surface area contributed by atoms with Gasteiger partial charge in [0.1, 0.15) is 0 Å². The van der Waals surface area contributed by atoms with Crippen molar-refractivity contribution in [3.05, 3.63) is 54.6 Å². The zero-order chi connectivity index (χ0) is 18.7. The molecule has 11 heteroatoms. The van der Waals surface area contributed by atoms with Crippen LogP contribution >= 0.6 is 10.2 Å². The third-order valence-corrected chi connectivity index (χ3v) is 3.52. The predicted molar refractivity (Wildman–Crippen MR) is 80.9 cm³/mol. The number of nitrogens with zero attached hydrogens (tertiary/aromatic N) is 2. The second-order valence-electron chi connectivity index (χ2n) is 4.73. The number of halogens is 5. The van der Waals surface area contributed by atoms with E-state index in [-0.39, 0.29) is 43.4 Å². The second kappa shape index (κ2) is 7.27. The molecule has 0 aliphatic heterocycles. The van der Waals surface area contributed by atoms with Gasteiger partial charge in [-0.1, -0.05) is 0 Å². The fourth-order valence-electron chi connectivity index (χ4n) is 1.49. The van der Waals surface area contributed by atoms with Gasteiger partial charge in [-0.3, -0.25) is 9.48 Å². The molecule has 1 N–H and O–H groups in total. The van der Waals surface area contributed by atoms with Crippen LogP contribution in [0.5, 0.6) is 0 Å². The van der Waals surface area contributed by atoms with E-state index < -0.39 is 15.1 Å². The van der Waals surface area contributed by atoms with Crippen molar-refractivity contribution >= 4 is 16.0 Å². The molecule has 0 aliphatic carbocycles. The molecule has 1 aromatic heterocycles. The van der Waals surface area contributed by atoms with Crippen LogP contribution in [0.2, 0.25) is 0 Å². The number of hydrogen-bond acceptors (Lipinski definition) is 3. The Morgan fingerprint density at radius 3 is 2.12 bits per heavy atom. The molecular weight excluding hydrogens is 547 g/mol. The molecule has 143 valence electrons. The summed E-state index contributed by atoms with van der Waals surface area (Å²) in [5.74, 6) is -0.0625. The minimum Gasteiger partial charge on any atom is -0.512 e. The summed E-state index contributed by atoms with van der Waals surface area (Å²) in [5.41, 5.74) is 0.153. The van der Waals surface area contributed by atoms with Crippen molar-refractivity contribution in [2.45, 2.75) is 18.7 Å². The summed E-state index contributed by atoms with van der Waals surface area (Å²) in [4.78, 5) is 8.06. The van der Waals surface area contributed by atoms with Gasteiger partial charge in [-0.2, -0.15) is 17.2 Å². The van der Waals surface area contributed by atoms with E-state index in [9.17, 15) is 24.2 Å². The maximum absolute atomic E-state index is 12.4. The number of aromatic nitrogens is 2. The minimum atomic E-state index is -9.60. The summed E-state index contributed by atoms with van der Waals surface area (Å²) in [7, 11) is -9.60. The average molecular weight is 562 g/mol. The summed E-state index contributed by atoms with van der Waals surface area (Å²) in [6.45, 7) is 2.85.